The molecule has 0 radical (unpaired) electrons. The van der Waals surface area contributed by atoms with Gasteiger partial charge in [0.1, 0.15) is 0 Å². The Kier molecular flexibility index (Phi) is 11.4. The number of nitrogens with zero attached hydrogens (tertiary/aromatic N) is 1. The van der Waals surface area contributed by atoms with Gasteiger partial charge in [0, 0.05) is 55.0 Å². The quantitative estimate of drug-likeness (QED) is 0.728. The van der Waals surface area contributed by atoms with Crippen molar-refractivity contribution in [1.82, 2.24) is 15.5 Å². The summed E-state index contributed by atoms with van der Waals surface area (Å²) in [4.78, 5) is 16.0. The van der Waals surface area contributed by atoms with Crippen molar-refractivity contribution < 1.29 is 9.53 Å². The van der Waals surface area contributed by atoms with Gasteiger partial charge in [0.05, 0.1) is 19.3 Å². The molecule has 0 aliphatic carbocycles. The van der Waals surface area contributed by atoms with Crippen molar-refractivity contribution in [3.63, 3.8) is 0 Å². The van der Waals surface area contributed by atoms with Crippen molar-refractivity contribution in [2.24, 2.45) is 0 Å². The number of halogens is 2. The lowest BCUT2D eigenvalue weighted by molar-refractivity contribution is -0.121. The lowest BCUT2D eigenvalue weighted by Gasteiger charge is -2.34. The molecule has 2 unspecified atom stereocenters. The first-order valence-corrected chi connectivity index (χ1v) is 10.3. The third-order valence-electron chi connectivity index (χ3n) is 4.28. The Bertz CT molecular complexity index is 482. The Morgan fingerprint density at radius 3 is 2.84 bits per heavy atom. The van der Waals surface area contributed by atoms with Crippen LogP contribution in [0.5, 0.6) is 0 Å². The molecule has 2 saturated heterocycles. The number of nitrogens with one attached hydrogen (secondary N) is 2. The minimum atomic E-state index is 0. The third kappa shape index (κ3) is 7.25. The number of hydrogen-bond donors (Lipinski definition) is 2. The molecule has 0 bridgehead atoms. The molecule has 1 amide bonds. The van der Waals surface area contributed by atoms with Gasteiger partial charge in [-0.3, -0.25) is 9.69 Å². The van der Waals surface area contributed by atoms with Gasteiger partial charge in [0.2, 0.25) is 5.91 Å². The van der Waals surface area contributed by atoms with E-state index in [0.29, 0.717) is 19.0 Å². The van der Waals surface area contributed by atoms with Gasteiger partial charge in [-0.25, -0.2) is 0 Å². The van der Waals surface area contributed by atoms with Gasteiger partial charge in [-0.15, -0.1) is 36.2 Å². The van der Waals surface area contributed by atoms with Crippen LogP contribution < -0.4 is 10.6 Å². The molecule has 0 saturated carbocycles. The number of morpholine rings is 1. The van der Waals surface area contributed by atoms with Crippen molar-refractivity contribution in [2.75, 3.05) is 50.9 Å². The van der Waals surface area contributed by atoms with E-state index >= 15 is 0 Å². The smallest absolute Gasteiger partial charge is 0.221 e. The first kappa shape index (κ1) is 23.0. The second kappa shape index (κ2) is 12.4. The summed E-state index contributed by atoms with van der Waals surface area (Å²) in [5, 5.41) is 8.68. The van der Waals surface area contributed by atoms with E-state index in [1.807, 2.05) is 11.8 Å². The maximum atomic E-state index is 12.3. The standard InChI is InChI=1S/C16H25N3O2S2.2ClH/c20-16(10-13-12-22-9-3-17-13)18-11-14(15-2-1-8-23-15)19-4-6-21-7-5-19;;/h1-2,8,13-14,17H,3-7,9-12H2,(H,18,20);2*1H. The van der Waals surface area contributed by atoms with Crippen LogP contribution in [0.25, 0.3) is 0 Å². The van der Waals surface area contributed by atoms with Gasteiger partial charge in [-0.2, -0.15) is 11.8 Å². The highest BCUT2D eigenvalue weighted by atomic mass is 35.5. The molecule has 1 aromatic rings. The van der Waals surface area contributed by atoms with Crippen molar-refractivity contribution in [2.45, 2.75) is 18.5 Å². The summed E-state index contributed by atoms with van der Waals surface area (Å²) in [6.07, 6.45) is 0.577. The van der Waals surface area contributed by atoms with Gasteiger partial charge in [-0.05, 0) is 11.4 Å². The second-order valence-corrected chi connectivity index (χ2v) is 8.04. The number of ether oxygens (including phenoxy) is 1. The predicted octanol–water partition coefficient (Wildman–Crippen LogP) is 2.18. The summed E-state index contributed by atoms with van der Waals surface area (Å²) in [5.41, 5.74) is 0. The van der Waals surface area contributed by atoms with E-state index in [-0.39, 0.29) is 36.8 Å². The Balaban J connectivity index is 0.00000156. The maximum absolute atomic E-state index is 12.3. The van der Waals surface area contributed by atoms with Crippen LogP contribution in [0.1, 0.15) is 17.3 Å². The number of amides is 1. The SMILES string of the molecule is Cl.Cl.O=C(CC1CSCCN1)NCC(c1cccs1)N1CCOCC1. The van der Waals surface area contributed by atoms with E-state index in [9.17, 15) is 4.79 Å². The second-order valence-electron chi connectivity index (χ2n) is 5.91. The van der Waals surface area contributed by atoms with E-state index < -0.39 is 0 Å². The number of carbonyl (C=O) groups excluding carboxylic acids is 1. The minimum Gasteiger partial charge on any atom is -0.379 e. The van der Waals surface area contributed by atoms with Crippen LogP contribution >= 0.6 is 47.9 Å². The van der Waals surface area contributed by atoms with Crippen LogP contribution in [0, 0.1) is 0 Å². The van der Waals surface area contributed by atoms with Crippen molar-refractivity contribution >= 4 is 53.8 Å². The maximum Gasteiger partial charge on any atom is 0.221 e. The lowest BCUT2D eigenvalue weighted by Crippen LogP contribution is -2.45. The summed E-state index contributed by atoms with van der Waals surface area (Å²) in [6.45, 7) is 5.10. The molecule has 3 heterocycles. The number of rotatable bonds is 6. The molecule has 9 heteroatoms. The molecule has 0 aromatic carbocycles. The Hall–Kier alpha value is -0.0200. The van der Waals surface area contributed by atoms with Gasteiger partial charge < -0.3 is 15.4 Å². The first-order valence-electron chi connectivity index (χ1n) is 8.26. The highest BCUT2D eigenvalue weighted by Gasteiger charge is 2.24. The highest BCUT2D eigenvalue weighted by molar-refractivity contribution is 7.99. The Labute approximate surface area is 170 Å². The van der Waals surface area contributed by atoms with Crippen molar-refractivity contribution in [3.05, 3.63) is 22.4 Å². The van der Waals surface area contributed by atoms with Crippen LogP contribution in [0.2, 0.25) is 0 Å². The number of thioether (sulfide) groups is 1. The zero-order chi connectivity index (χ0) is 15.9. The first-order chi connectivity index (χ1) is 11.3. The van der Waals surface area contributed by atoms with Crippen molar-refractivity contribution in [3.8, 4) is 0 Å². The minimum absolute atomic E-state index is 0. The number of thiophene rings is 1. The molecule has 1 aromatic heterocycles. The largest absolute Gasteiger partial charge is 0.379 e. The van der Waals surface area contributed by atoms with Crippen LogP contribution in [-0.4, -0.2) is 67.7 Å². The highest BCUT2D eigenvalue weighted by Crippen LogP contribution is 2.25. The molecule has 0 spiro atoms. The van der Waals surface area contributed by atoms with Crippen molar-refractivity contribution in [1.29, 1.82) is 0 Å². The van der Waals surface area contributed by atoms with Gasteiger partial charge in [0.15, 0.2) is 0 Å². The Morgan fingerprint density at radius 2 is 2.20 bits per heavy atom. The molecule has 2 fully saturated rings. The molecule has 2 atom stereocenters. The van der Waals surface area contributed by atoms with Gasteiger partial charge in [0.25, 0.3) is 0 Å². The van der Waals surface area contributed by atoms with Gasteiger partial charge in [-0.1, -0.05) is 6.07 Å². The van der Waals surface area contributed by atoms with Crippen LogP contribution in [0.3, 0.4) is 0 Å². The zero-order valence-corrected chi connectivity index (χ0v) is 17.4. The average molecular weight is 428 g/mol. The third-order valence-corrected chi connectivity index (χ3v) is 6.39. The van der Waals surface area contributed by atoms with E-state index in [1.165, 1.54) is 4.88 Å². The summed E-state index contributed by atoms with van der Waals surface area (Å²) >= 11 is 3.69. The molecular formula is C16H27Cl2N3O2S2. The normalized spacial score (nSPS) is 22.3. The molecule has 2 N–H and O–H groups in total. The molecular weight excluding hydrogens is 401 g/mol. The Morgan fingerprint density at radius 1 is 1.40 bits per heavy atom. The number of hydrogen-bond acceptors (Lipinski definition) is 6. The summed E-state index contributed by atoms with van der Waals surface area (Å²) in [5.74, 6) is 2.33. The monoisotopic (exact) mass is 427 g/mol. The molecule has 144 valence electrons. The van der Waals surface area contributed by atoms with E-state index in [2.05, 4.69) is 33.0 Å². The molecule has 2 aliphatic rings. The molecule has 25 heavy (non-hydrogen) atoms. The van der Waals surface area contributed by atoms with E-state index in [0.717, 1.165) is 44.4 Å². The summed E-state index contributed by atoms with van der Waals surface area (Å²) < 4.78 is 5.46. The molecule has 3 rings (SSSR count). The van der Waals surface area contributed by atoms with Crippen LogP contribution in [0.15, 0.2) is 17.5 Å². The fourth-order valence-electron chi connectivity index (χ4n) is 3.04. The van der Waals surface area contributed by atoms with Crippen LogP contribution in [-0.2, 0) is 9.53 Å². The van der Waals surface area contributed by atoms with Crippen LogP contribution in [0.4, 0.5) is 0 Å². The topological polar surface area (TPSA) is 53.6 Å². The summed E-state index contributed by atoms with van der Waals surface area (Å²) in [7, 11) is 0. The average Bonchev–Trinajstić information content (AvgIpc) is 3.11. The fourth-order valence-corrected chi connectivity index (χ4v) is 4.85. The summed E-state index contributed by atoms with van der Waals surface area (Å²) in [6, 6.07) is 4.82. The molecule has 2 aliphatic heterocycles. The van der Waals surface area contributed by atoms with Gasteiger partial charge >= 0.3 is 0 Å². The fraction of sp³-hybridized carbons (Fsp3) is 0.688. The number of carbonyl (C=O) groups is 1. The predicted molar refractivity (Wildman–Crippen MR) is 111 cm³/mol. The van der Waals surface area contributed by atoms with E-state index in [4.69, 9.17) is 4.74 Å². The lowest BCUT2D eigenvalue weighted by atomic mass is 10.1. The molecule has 5 nitrogen and oxygen atoms in total. The zero-order valence-electron chi connectivity index (χ0n) is 14.1. The van der Waals surface area contributed by atoms with E-state index in [1.54, 1.807) is 11.3 Å².